The van der Waals surface area contributed by atoms with E-state index < -0.39 is 0 Å². The lowest BCUT2D eigenvalue weighted by Crippen LogP contribution is -2.02. The van der Waals surface area contributed by atoms with E-state index in [0.29, 0.717) is 0 Å². The number of rotatable bonds is 3. The van der Waals surface area contributed by atoms with E-state index in [-0.39, 0.29) is 0 Å². The highest BCUT2D eigenvalue weighted by atomic mass is 16.5. The van der Waals surface area contributed by atoms with E-state index >= 15 is 0 Å². The van der Waals surface area contributed by atoms with E-state index in [1.165, 1.54) is 30.4 Å². The topological polar surface area (TPSA) is 27.7 Å². The van der Waals surface area contributed by atoms with Crippen molar-refractivity contribution in [3.63, 3.8) is 0 Å². The number of aryl methyl sites for hydroxylation is 1. The van der Waals surface area contributed by atoms with Crippen molar-refractivity contribution >= 4 is 0 Å². The molecule has 0 heterocycles. The van der Waals surface area contributed by atoms with Crippen molar-refractivity contribution in [2.24, 2.45) is 0 Å². The Morgan fingerprint density at radius 1 is 0.824 bits per heavy atom. The van der Waals surface area contributed by atoms with E-state index in [4.69, 9.17) is 14.2 Å². The summed E-state index contributed by atoms with van der Waals surface area (Å²) in [5, 5.41) is 0. The lowest BCUT2D eigenvalue weighted by Gasteiger charge is -2.18. The first-order valence-electron chi connectivity index (χ1n) is 6.12. The number of fused-ring (bicyclic) bond motifs is 1. The standard InChI is InChI=1S/C14H20O3/c1-15-12-9-10-7-5-4-6-8-11(10)13(16-2)14(12)17-3/h9H,4-8H2,1-3H3. The van der Waals surface area contributed by atoms with Gasteiger partial charge in [0.05, 0.1) is 21.3 Å². The number of hydrogen-bond donors (Lipinski definition) is 0. The van der Waals surface area contributed by atoms with E-state index in [2.05, 4.69) is 6.07 Å². The van der Waals surface area contributed by atoms with Crippen LogP contribution in [-0.4, -0.2) is 21.3 Å². The maximum absolute atomic E-state index is 5.53. The van der Waals surface area contributed by atoms with Gasteiger partial charge in [-0.1, -0.05) is 6.42 Å². The van der Waals surface area contributed by atoms with Crippen LogP contribution >= 0.6 is 0 Å². The number of hydrogen-bond acceptors (Lipinski definition) is 3. The maximum atomic E-state index is 5.53. The molecule has 1 aromatic carbocycles. The molecular weight excluding hydrogens is 216 g/mol. The highest BCUT2D eigenvalue weighted by Crippen LogP contribution is 2.43. The van der Waals surface area contributed by atoms with Gasteiger partial charge in [0, 0.05) is 5.56 Å². The lowest BCUT2D eigenvalue weighted by molar-refractivity contribution is 0.321. The average molecular weight is 236 g/mol. The van der Waals surface area contributed by atoms with Crippen LogP contribution in [0.25, 0.3) is 0 Å². The van der Waals surface area contributed by atoms with Crippen molar-refractivity contribution in [3.8, 4) is 17.2 Å². The highest BCUT2D eigenvalue weighted by Gasteiger charge is 2.21. The molecule has 3 heteroatoms. The number of ether oxygens (including phenoxy) is 3. The van der Waals surface area contributed by atoms with Crippen molar-refractivity contribution in [2.75, 3.05) is 21.3 Å². The van der Waals surface area contributed by atoms with Gasteiger partial charge in [0.1, 0.15) is 0 Å². The molecule has 2 rings (SSSR count). The molecule has 1 aromatic rings. The normalized spacial score (nSPS) is 14.8. The Labute approximate surface area is 103 Å². The van der Waals surface area contributed by atoms with Gasteiger partial charge in [0.25, 0.3) is 0 Å². The predicted molar refractivity (Wildman–Crippen MR) is 67.4 cm³/mol. The van der Waals surface area contributed by atoms with Crippen molar-refractivity contribution in [1.29, 1.82) is 0 Å². The Morgan fingerprint density at radius 2 is 1.53 bits per heavy atom. The largest absolute Gasteiger partial charge is 0.493 e. The van der Waals surface area contributed by atoms with Crippen LogP contribution in [0.4, 0.5) is 0 Å². The van der Waals surface area contributed by atoms with E-state index in [9.17, 15) is 0 Å². The van der Waals surface area contributed by atoms with E-state index in [0.717, 1.165) is 30.1 Å². The average Bonchev–Trinajstić information content (AvgIpc) is 2.60. The van der Waals surface area contributed by atoms with Gasteiger partial charge in [-0.3, -0.25) is 0 Å². The fourth-order valence-corrected chi connectivity index (χ4v) is 2.56. The van der Waals surface area contributed by atoms with Gasteiger partial charge < -0.3 is 14.2 Å². The molecule has 0 fully saturated rings. The number of benzene rings is 1. The fourth-order valence-electron chi connectivity index (χ4n) is 2.56. The molecule has 0 saturated heterocycles. The summed E-state index contributed by atoms with van der Waals surface area (Å²) >= 11 is 0. The van der Waals surface area contributed by atoms with Crippen LogP contribution < -0.4 is 14.2 Å². The molecule has 3 nitrogen and oxygen atoms in total. The molecular formula is C14H20O3. The number of methoxy groups -OCH3 is 3. The summed E-state index contributed by atoms with van der Waals surface area (Å²) in [7, 11) is 5.02. The molecule has 0 unspecified atom stereocenters. The first kappa shape index (κ1) is 12.1. The van der Waals surface area contributed by atoms with Gasteiger partial charge in [-0.15, -0.1) is 0 Å². The molecule has 0 N–H and O–H groups in total. The molecule has 1 aliphatic carbocycles. The first-order chi connectivity index (χ1) is 8.31. The lowest BCUT2D eigenvalue weighted by atomic mass is 10.0. The molecule has 94 valence electrons. The van der Waals surface area contributed by atoms with Crippen molar-refractivity contribution in [2.45, 2.75) is 32.1 Å². The fraction of sp³-hybridized carbons (Fsp3) is 0.571. The minimum absolute atomic E-state index is 0.718. The van der Waals surface area contributed by atoms with Crippen molar-refractivity contribution in [1.82, 2.24) is 0 Å². The van der Waals surface area contributed by atoms with Crippen molar-refractivity contribution < 1.29 is 14.2 Å². The Hall–Kier alpha value is -1.38. The minimum Gasteiger partial charge on any atom is -0.493 e. The van der Waals surface area contributed by atoms with Crippen molar-refractivity contribution in [3.05, 3.63) is 17.2 Å². The van der Waals surface area contributed by atoms with Gasteiger partial charge in [-0.25, -0.2) is 0 Å². The predicted octanol–water partition coefficient (Wildman–Crippen LogP) is 2.98. The minimum atomic E-state index is 0.718. The quantitative estimate of drug-likeness (QED) is 0.755. The maximum Gasteiger partial charge on any atom is 0.203 e. The second kappa shape index (κ2) is 5.30. The van der Waals surface area contributed by atoms with E-state index in [1.807, 2.05) is 0 Å². The molecule has 0 radical (unpaired) electrons. The summed E-state index contributed by atoms with van der Waals surface area (Å²) in [5.74, 6) is 2.34. The third-order valence-corrected chi connectivity index (χ3v) is 3.40. The molecule has 0 spiro atoms. The third-order valence-electron chi connectivity index (χ3n) is 3.40. The van der Waals surface area contributed by atoms with Crippen LogP contribution in [0.15, 0.2) is 6.07 Å². The zero-order valence-electron chi connectivity index (χ0n) is 10.8. The van der Waals surface area contributed by atoms with Crippen LogP contribution in [0.3, 0.4) is 0 Å². The van der Waals surface area contributed by atoms with Crippen LogP contribution in [0.1, 0.15) is 30.4 Å². The summed E-state index contributed by atoms with van der Waals surface area (Å²) in [6.45, 7) is 0. The molecule has 0 saturated carbocycles. The summed E-state index contributed by atoms with van der Waals surface area (Å²) in [6.07, 6.45) is 5.91. The second-order valence-corrected chi connectivity index (χ2v) is 4.34. The summed E-state index contributed by atoms with van der Waals surface area (Å²) in [5.41, 5.74) is 2.64. The summed E-state index contributed by atoms with van der Waals surface area (Å²) < 4.78 is 16.3. The van der Waals surface area contributed by atoms with Crippen LogP contribution in [0, 0.1) is 0 Å². The summed E-state index contributed by atoms with van der Waals surface area (Å²) in [4.78, 5) is 0. The smallest absolute Gasteiger partial charge is 0.203 e. The van der Waals surface area contributed by atoms with Gasteiger partial charge in [0.15, 0.2) is 11.5 Å². The monoisotopic (exact) mass is 236 g/mol. The van der Waals surface area contributed by atoms with E-state index in [1.54, 1.807) is 21.3 Å². The molecule has 0 bridgehead atoms. The third kappa shape index (κ3) is 2.19. The molecule has 17 heavy (non-hydrogen) atoms. The zero-order chi connectivity index (χ0) is 12.3. The molecule has 1 aliphatic rings. The van der Waals surface area contributed by atoms with Gasteiger partial charge >= 0.3 is 0 Å². The Balaban J connectivity index is 2.58. The molecule has 0 aliphatic heterocycles. The van der Waals surface area contributed by atoms with Crippen LogP contribution in [0.5, 0.6) is 17.2 Å². The van der Waals surface area contributed by atoms with Gasteiger partial charge in [-0.05, 0) is 37.3 Å². The van der Waals surface area contributed by atoms with Gasteiger partial charge in [-0.2, -0.15) is 0 Å². The summed E-state index contributed by atoms with van der Waals surface area (Å²) in [6, 6.07) is 2.10. The highest BCUT2D eigenvalue weighted by molar-refractivity contribution is 5.59. The second-order valence-electron chi connectivity index (χ2n) is 4.34. The zero-order valence-corrected chi connectivity index (χ0v) is 10.8. The first-order valence-corrected chi connectivity index (χ1v) is 6.12. The molecule has 0 amide bonds. The SMILES string of the molecule is COc1cc2c(c(OC)c1OC)CCCCC2. The Morgan fingerprint density at radius 3 is 2.18 bits per heavy atom. The van der Waals surface area contributed by atoms with Gasteiger partial charge in [0.2, 0.25) is 5.75 Å². The molecule has 0 aromatic heterocycles. The Bertz CT molecular complexity index is 399. The van der Waals surface area contributed by atoms with Crippen LogP contribution in [-0.2, 0) is 12.8 Å². The Kier molecular flexibility index (Phi) is 3.77. The van der Waals surface area contributed by atoms with Crippen LogP contribution in [0.2, 0.25) is 0 Å². The molecule has 0 atom stereocenters.